The highest BCUT2D eigenvalue weighted by Gasteiger charge is 2.19. The Kier molecular flexibility index (Phi) is 8.45. The second-order valence-electron chi connectivity index (χ2n) is 6.95. The smallest absolute Gasteiger partial charge is 0.0161 e. The molecule has 1 nitrogen and oxygen atoms in total. The Balaban J connectivity index is 2.08. The minimum absolute atomic E-state index is 0.781. The summed E-state index contributed by atoms with van der Waals surface area (Å²) in [6, 6.07) is 0. The van der Waals surface area contributed by atoms with Crippen molar-refractivity contribution in [1.82, 2.24) is 5.32 Å². The van der Waals surface area contributed by atoms with Crippen LogP contribution in [0.3, 0.4) is 0 Å². The molecule has 0 aromatic carbocycles. The van der Waals surface area contributed by atoms with Gasteiger partial charge in [0.05, 0.1) is 0 Å². The highest BCUT2D eigenvalue weighted by molar-refractivity contribution is 5.00. The topological polar surface area (TPSA) is 12.0 Å². The zero-order valence-corrected chi connectivity index (χ0v) is 13.7. The number of hydrogen-bond donors (Lipinski definition) is 1. The zero-order valence-electron chi connectivity index (χ0n) is 13.7. The average molecular weight is 265 g/mol. The summed E-state index contributed by atoms with van der Waals surface area (Å²) in [7, 11) is 0. The monoisotopic (exact) mass is 265 g/mol. The first-order valence-electron chi connectivity index (χ1n) is 8.48. The van der Waals surface area contributed by atoms with Gasteiger partial charge < -0.3 is 5.32 Å². The van der Waals surface area contributed by atoms with Crippen LogP contribution >= 0.6 is 0 Å². The third-order valence-electron chi connectivity index (χ3n) is 4.54. The maximum Gasteiger partial charge on any atom is 0.0161 e. The fourth-order valence-corrected chi connectivity index (χ4v) is 3.14. The van der Waals surface area contributed by atoms with E-state index in [9.17, 15) is 0 Å². The van der Waals surface area contributed by atoms with Gasteiger partial charge in [-0.2, -0.15) is 0 Å². The molecule has 0 spiro atoms. The van der Waals surface area contributed by atoms with E-state index in [1.165, 1.54) is 57.1 Å². The van der Waals surface area contributed by atoms with Crippen LogP contribution in [-0.2, 0) is 0 Å². The van der Waals surface area contributed by atoms with Crippen LogP contribution in [0.4, 0.5) is 0 Å². The van der Waals surface area contributed by atoms with E-state index in [4.69, 9.17) is 0 Å². The highest BCUT2D eigenvalue weighted by Crippen LogP contribution is 2.32. The van der Waals surface area contributed by atoms with Crippen molar-refractivity contribution in [3.63, 3.8) is 0 Å². The first-order valence-corrected chi connectivity index (χ1v) is 8.48. The van der Waals surface area contributed by atoms with Crippen LogP contribution in [0, 0.1) is 17.8 Å². The van der Waals surface area contributed by atoms with Gasteiger partial charge in [0, 0.05) is 6.54 Å². The van der Waals surface area contributed by atoms with Gasteiger partial charge in [-0.05, 0) is 50.5 Å². The van der Waals surface area contributed by atoms with Crippen molar-refractivity contribution in [3.8, 4) is 0 Å². The van der Waals surface area contributed by atoms with E-state index in [0.29, 0.717) is 0 Å². The fourth-order valence-electron chi connectivity index (χ4n) is 3.14. The van der Waals surface area contributed by atoms with Crippen LogP contribution in [0.2, 0.25) is 0 Å². The summed E-state index contributed by atoms with van der Waals surface area (Å²) in [5.74, 6) is 2.79. The molecule has 0 saturated heterocycles. The first-order chi connectivity index (χ1) is 9.11. The largest absolute Gasteiger partial charge is 0.313 e. The van der Waals surface area contributed by atoms with E-state index in [1.807, 2.05) is 0 Å². The van der Waals surface area contributed by atoms with Gasteiger partial charge in [0.2, 0.25) is 0 Å². The SMILES string of the molecule is CCC1CCCC(CCNC/C(C)=C/CC(C)C)C1. The molecule has 1 aliphatic rings. The second kappa shape index (κ2) is 9.58. The summed E-state index contributed by atoms with van der Waals surface area (Å²) in [6.07, 6.45) is 12.3. The molecule has 0 aromatic heterocycles. The van der Waals surface area contributed by atoms with Crippen molar-refractivity contribution < 1.29 is 0 Å². The molecular weight excluding hydrogens is 230 g/mol. The van der Waals surface area contributed by atoms with E-state index in [0.717, 1.165) is 24.3 Å². The molecule has 112 valence electrons. The predicted octanol–water partition coefficient (Wildman–Crippen LogP) is 5.17. The van der Waals surface area contributed by atoms with Gasteiger partial charge in [0.25, 0.3) is 0 Å². The van der Waals surface area contributed by atoms with Gasteiger partial charge in [-0.1, -0.05) is 58.1 Å². The van der Waals surface area contributed by atoms with Crippen LogP contribution in [0.5, 0.6) is 0 Å². The lowest BCUT2D eigenvalue weighted by Crippen LogP contribution is -2.23. The number of allylic oxidation sites excluding steroid dienone is 1. The fraction of sp³-hybridized carbons (Fsp3) is 0.889. The summed E-state index contributed by atoms with van der Waals surface area (Å²) < 4.78 is 0. The molecule has 0 aromatic rings. The minimum Gasteiger partial charge on any atom is -0.313 e. The number of nitrogens with one attached hydrogen (secondary N) is 1. The van der Waals surface area contributed by atoms with Gasteiger partial charge in [-0.25, -0.2) is 0 Å². The molecule has 0 amide bonds. The van der Waals surface area contributed by atoms with Gasteiger partial charge in [0.15, 0.2) is 0 Å². The standard InChI is InChI=1S/C18H35N/c1-5-17-7-6-8-18(13-17)11-12-19-14-16(4)10-9-15(2)3/h10,15,17-19H,5-9,11-14H2,1-4H3/b16-10+. The molecule has 0 heterocycles. The molecule has 2 unspecified atom stereocenters. The summed E-state index contributed by atoms with van der Waals surface area (Å²) in [4.78, 5) is 0. The lowest BCUT2D eigenvalue weighted by Gasteiger charge is -2.28. The second-order valence-corrected chi connectivity index (χ2v) is 6.95. The molecular formula is C18H35N. The first kappa shape index (κ1) is 16.8. The Labute approximate surface area is 121 Å². The van der Waals surface area contributed by atoms with Crippen molar-refractivity contribution in [1.29, 1.82) is 0 Å². The van der Waals surface area contributed by atoms with Crippen molar-refractivity contribution >= 4 is 0 Å². The van der Waals surface area contributed by atoms with E-state index in [-0.39, 0.29) is 0 Å². The van der Waals surface area contributed by atoms with Crippen molar-refractivity contribution in [2.24, 2.45) is 17.8 Å². The quantitative estimate of drug-likeness (QED) is 0.471. The predicted molar refractivity (Wildman–Crippen MR) is 86.4 cm³/mol. The summed E-state index contributed by atoms with van der Waals surface area (Å²) in [5.41, 5.74) is 1.50. The van der Waals surface area contributed by atoms with Crippen LogP contribution in [0.1, 0.15) is 72.6 Å². The maximum absolute atomic E-state index is 3.62. The van der Waals surface area contributed by atoms with E-state index in [1.54, 1.807) is 0 Å². The van der Waals surface area contributed by atoms with Gasteiger partial charge in [-0.3, -0.25) is 0 Å². The van der Waals surface area contributed by atoms with Gasteiger partial charge in [0.1, 0.15) is 0 Å². The molecule has 0 aliphatic heterocycles. The van der Waals surface area contributed by atoms with Crippen LogP contribution in [0.15, 0.2) is 11.6 Å². The molecule has 1 heteroatoms. The molecule has 19 heavy (non-hydrogen) atoms. The highest BCUT2D eigenvalue weighted by atomic mass is 14.8. The molecule has 2 atom stereocenters. The normalized spacial score (nSPS) is 25.0. The summed E-state index contributed by atoms with van der Waals surface area (Å²) in [6.45, 7) is 11.5. The molecule has 1 fully saturated rings. The molecule has 1 N–H and O–H groups in total. The number of hydrogen-bond acceptors (Lipinski definition) is 1. The summed E-state index contributed by atoms with van der Waals surface area (Å²) in [5, 5.41) is 3.62. The summed E-state index contributed by atoms with van der Waals surface area (Å²) >= 11 is 0. The zero-order chi connectivity index (χ0) is 14.1. The molecule has 1 aliphatic carbocycles. The Morgan fingerprint density at radius 2 is 2.00 bits per heavy atom. The minimum atomic E-state index is 0.781. The molecule has 1 saturated carbocycles. The van der Waals surface area contributed by atoms with Crippen molar-refractivity contribution in [2.45, 2.75) is 72.6 Å². The molecule has 0 bridgehead atoms. The van der Waals surface area contributed by atoms with Gasteiger partial charge >= 0.3 is 0 Å². The number of rotatable bonds is 8. The average Bonchev–Trinajstić information content (AvgIpc) is 2.41. The lowest BCUT2D eigenvalue weighted by molar-refractivity contribution is 0.248. The molecule has 1 rings (SSSR count). The Morgan fingerprint density at radius 1 is 1.26 bits per heavy atom. The van der Waals surface area contributed by atoms with E-state index in [2.05, 4.69) is 39.1 Å². The lowest BCUT2D eigenvalue weighted by atomic mass is 9.79. The maximum atomic E-state index is 3.62. The van der Waals surface area contributed by atoms with Gasteiger partial charge in [-0.15, -0.1) is 0 Å². The Morgan fingerprint density at radius 3 is 2.68 bits per heavy atom. The van der Waals surface area contributed by atoms with E-state index < -0.39 is 0 Å². The van der Waals surface area contributed by atoms with Crippen molar-refractivity contribution in [3.05, 3.63) is 11.6 Å². The Hall–Kier alpha value is -0.300. The van der Waals surface area contributed by atoms with Crippen LogP contribution in [0.25, 0.3) is 0 Å². The van der Waals surface area contributed by atoms with Crippen molar-refractivity contribution in [2.75, 3.05) is 13.1 Å². The Bertz CT molecular complexity index is 254. The molecule has 0 radical (unpaired) electrons. The third kappa shape index (κ3) is 7.77. The van der Waals surface area contributed by atoms with Crippen LogP contribution < -0.4 is 5.32 Å². The van der Waals surface area contributed by atoms with Crippen LogP contribution in [-0.4, -0.2) is 13.1 Å². The third-order valence-corrected chi connectivity index (χ3v) is 4.54. The van der Waals surface area contributed by atoms with E-state index >= 15 is 0 Å².